The second-order valence-corrected chi connectivity index (χ2v) is 7.84. The molecule has 1 N–H and O–H groups in total. The van der Waals surface area contributed by atoms with E-state index in [9.17, 15) is 23.1 Å². The van der Waals surface area contributed by atoms with Crippen LogP contribution in [0.2, 0.25) is 0 Å². The van der Waals surface area contributed by atoms with Crippen LogP contribution >= 0.6 is 0 Å². The van der Waals surface area contributed by atoms with Gasteiger partial charge < -0.3 is 14.7 Å². The van der Waals surface area contributed by atoms with E-state index in [4.69, 9.17) is 4.74 Å². The second-order valence-electron chi connectivity index (χ2n) is 5.61. The molecule has 2 rings (SSSR count). The topological polar surface area (TPSA) is 101 Å². The average molecular weight is 341 g/mol. The number of phenols is 1. The van der Waals surface area contributed by atoms with Gasteiger partial charge in [0.2, 0.25) is 0 Å². The van der Waals surface area contributed by atoms with E-state index in [1.165, 1.54) is 18.0 Å². The van der Waals surface area contributed by atoms with Crippen molar-refractivity contribution in [3.05, 3.63) is 29.3 Å². The van der Waals surface area contributed by atoms with E-state index in [0.717, 1.165) is 0 Å². The zero-order chi connectivity index (χ0) is 17.2. The van der Waals surface area contributed by atoms with Gasteiger partial charge in [0, 0.05) is 13.1 Å². The summed E-state index contributed by atoms with van der Waals surface area (Å²) in [6.07, 6.45) is 0.386. The average Bonchev–Trinajstić information content (AvgIpc) is 2.86. The van der Waals surface area contributed by atoms with Crippen molar-refractivity contribution in [2.24, 2.45) is 0 Å². The van der Waals surface area contributed by atoms with Gasteiger partial charge >= 0.3 is 5.97 Å². The van der Waals surface area contributed by atoms with Crippen LogP contribution in [0, 0.1) is 6.92 Å². The molecule has 0 spiro atoms. The Kier molecular flexibility index (Phi) is 4.93. The van der Waals surface area contributed by atoms with Crippen molar-refractivity contribution in [2.75, 3.05) is 25.2 Å². The van der Waals surface area contributed by atoms with Gasteiger partial charge in [0.1, 0.15) is 11.3 Å². The fraction of sp³-hybridized carbons (Fsp3) is 0.467. The lowest BCUT2D eigenvalue weighted by Gasteiger charge is -2.23. The monoisotopic (exact) mass is 341 g/mol. The second kappa shape index (κ2) is 6.57. The fourth-order valence-electron chi connectivity index (χ4n) is 2.42. The number of ether oxygens (including phenoxy) is 1. The number of benzene rings is 1. The van der Waals surface area contributed by atoms with Crippen LogP contribution < -0.4 is 0 Å². The van der Waals surface area contributed by atoms with Gasteiger partial charge in [-0.15, -0.1) is 0 Å². The maximum Gasteiger partial charge on any atom is 0.342 e. The zero-order valence-electron chi connectivity index (χ0n) is 13.0. The van der Waals surface area contributed by atoms with Gasteiger partial charge in [-0.25, -0.2) is 13.2 Å². The van der Waals surface area contributed by atoms with Gasteiger partial charge in [0.05, 0.1) is 11.5 Å². The van der Waals surface area contributed by atoms with Crippen LogP contribution in [-0.2, 0) is 19.4 Å². The summed E-state index contributed by atoms with van der Waals surface area (Å²) in [4.78, 5) is 25.2. The van der Waals surface area contributed by atoms with Crippen LogP contribution in [0.15, 0.2) is 18.2 Å². The summed E-state index contributed by atoms with van der Waals surface area (Å²) in [6, 6.07) is 4.26. The Morgan fingerprint density at radius 2 is 2.09 bits per heavy atom. The third-order valence-electron chi connectivity index (χ3n) is 3.93. The molecule has 1 amide bonds. The number of nitrogens with zero attached hydrogens (tertiary/aromatic N) is 1. The molecular formula is C15H19NO6S. The highest BCUT2D eigenvalue weighted by Crippen LogP contribution is 2.22. The molecule has 0 saturated carbocycles. The predicted octanol–water partition coefficient (Wildman–Crippen LogP) is 0.503. The molecule has 1 atom stereocenters. The Morgan fingerprint density at radius 3 is 2.70 bits per heavy atom. The summed E-state index contributed by atoms with van der Waals surface area (Å²) in [7, 11) is -1.60. The molecule has 1 aliphatic rings. The molecule has 1 aromatic rings. The Labute approximate surface area is 134 Å². The van der Waals surface area contributed by atoms with Crippen LogP contribution in [0.4, 0.5) is 0 Å². The molecule has 0 radical (unpaired) electrons. The van der Waals surface area contributed by atoms with Crippen LogP contribution in [0.3, 0.4) is 0 Å². The lowest BCUT2D eigenvalue weighted by Crippen LogP contribution is -2.40. The van der Waals surface area contributed by atoms with Crippen LogP contribution in [-0.4, -0.2) is 61.5 Å². The Bertz CT molecular complexity index is 727. The number of amides is 1. The third-order valence-corrected chi connectivity index (χ3v) is 5.68. The number of sulfone groups is 1. The van der Waals surface area contributed by atoms with Crippen molar-refractivity contribution in [1.82, 2.24) is 4.90 Å². The maximum atomic E-state index is 12.0. The number of phenolic OH excluding ortho intramolecular Hbond substituents is 1. The summed E-state index contributed by atoms with van der Waals surface area (Å²) < 4.78 is 27.8. The minimum atomic E-state index is -3.09. The zero-order valence-corrected chi connectivity index (χ0v) is 13.8. The van der Waals surface area contributed by atoms with Crippen molar-refractivity contribution in [1.29, 1.82) is 0 Å². The van der Waals surface area contributed by atoms with Gasteiger partial charge in [-0.1, -0.05) is 12.1 Å². The summed E-state index contributed by atoms with van der Waals surface area (Å²) in [5.41, 5.74) is 0.517. The number of hydrogen-bond donors (Lipinski definition) is 1. The number of aromatic hydroxyl groups is 1. The van der Waals surface area contributed by atoms with E-state index in [-0.39, 0.29) is 22.8 Å². The van der Waals surface area contributed by atoms with Crippen LogP contribution in [0.1, 0.15) is 22.3 Å². The lowest BCUT2D eigenvalue weighted by atomic mass is 10.1. The first-order valence-corrected chi connectivity index (χ1v) is 8.95. The molecule has 8 heteroatoms. The summed E-state index contributed by atoms with van der Waals surface area (Å²) in [5, 5.41) is 9.81. The van der Waals surface area contributed by atoms with Gasteiger partial charge in [0.15, 0.2) is 16.4 Å². The number of hydrogen-bond acceptors (Lipinski definition) is 6. The third kappa shape index (κ3) is 4.01. The van der Waals surface area contributed by atoms with Crippen molar-refractivity contribution in [2.45, 2.75) is 19.4 Å². The van der Waals surface area contributed by atoms with E-state index in [1.54, 1.807) is 19.1 Å². The number of carbonyl (C=O) groups is 2. The molecule has 0 unspecified atom stereocenters. The van der Waals surface area contributed by atoms with Gasteiger partial charge in [-0.05, 0) is 25.0 Å². The van der Waals surface area contributed by atoms with Crippen molar-refractivity contribution in [3.8, 4) is 5.75 Å². The van der Waals surface area contributed by atoms with Crippen molar-refractivity contribution < 1.29 is 27.9 Å². The van der Waals surface area contributed by atoms with E-state index in [0.29, 0.717) is 12.0 Å². The van der Waals surface area contributed by atoms with E-state index in [1.807, 2.05) is 0 Å². The molecule has 7 nitrogen and oxygen atoms in total. The SMILES string of the molecule is Cc1cccc(C(=O)OCC(=O)N(C)[C@@H]2CCS(=O)(=O)C2)c1O. The molecule has 1 heterocycles. The van der Waals surface area contributed by atoms with E-state index in [2.05, 4.69) is 0 Å². The van der Waals surface area contributed by atoms with Crippen molar-refractivity contribution >= 4 is 21.7 Å². The summed E-state index contributed by atoms with van der Waals surface area (Å²) in [6.45, 7) is 1.14. The number of esters is 1. The molecule has 0 aliphatic carbocycles. The minimum Gasteiger partial charge on any atom is -0.507 e. The van der Waals surface area contributed by atoms with Crippen LogP contribution in [0.25, 0.3) is 0 Å². The molecule has 23 heavy (non-hydrogen) atoms. The van der Waals surface area contributed by atoms with E-state index >= 15 is 0 Å². The first-order chi connectivity index (χ1) is 10.7. The minimum absolute atomic E-state index is 0.0103. The van der Waals surface area contributed by atoms with Crippen molar-refractivity contribution in [3.63, 3.8) is 0 Å². The van der Waals surface area contributed by atoms with Gasteiger partial charge in [-0.2, -0.15) is 0 Å². The number of para-hydroxylation sites is 1. The van der Waals surface area contributed by atoms with Gasteiger partial charge in [-0.3, -0.25) is 4.79 Å². The highest BCUT2D eigenvalue weighted by atomic mass is 32.2. The highest BCUT2D eigenvalue weighted by molar-refractivity contribution is 7.91. The normalized spacial score (nSPS) is 19.3. The first kappa shape index (κ1) is 17.3. The highest BCUT2D eigenvalue weighted by Gasteiger charge is 2.33. The number of likely N-dealkylation sites (N-methyl/N-ethyl adjacent to an activating group) is 1. The standard InChI is InChI=1S/C15H19NO6S/c1-10-4-3-5-12(14(10)18)15(19)22-8-13(17)16(2)11-6-7-23(20,21)9-11/h3-5,11,18H,6-9H2,1-2H3/t11-/m1/s1. The summed E-state index contributed by atoms with van der Waals surface area (Å²) >= 11 is 0. The quantitative estimate of drug-likeness (QED) is 0.801. The largest absolute Gasteiger partial charge is 0.507 e. The Morgan fingerprint density at radius 1 is 1.39 bits per heavy atom. The number of aryl methyl sites for hydroxylation is 1. The van der Waals surface area contributed by atoms with Gasteiger partial charge in [0.25, 0.3) is 5.91 Å². The molecule has 1 saturated heterocycles. The number of carbonyl (C=O) groups excluding carboxylic acids is 2. The Balaban J connectivity index is 1.94. The summed E-state index contributed by atoms with van der Waals surface area (Å²) in [5.74, 6) is -1.46. The molecule has 0 aromatic heterocycles. The first-order valence-electron chi connectivity index (χ1n) is 7.13. The molecule has 1 fully saturated rings. The Hall–Kier alpha value is -2.09. The molecular weight excluding hydrogens is 322 g/mol. The molecule has 1 aliphatic heterocycles. The number of rotatable bonds is 4. The molecule has 1 aromatic carbocycles. The lowest BCUT2D eigenvalue weighted by molar-refractivity contribution is -0.134. The predicted molar refractivity (Wildman–Crippen MR) is 83.0 cm³/mol. The molecule has 126 valence electrons. The van der Waals surface area contributed by atoms with Crippen LogP contribution in [0.5, 0.6) is 5.75 Å². The fourth-order valence-corrected chi connectivity index (χ4v) is 4.19. The maximum absolute atomic E-state index is 12.0. The smallest absolute Gasteiger partial charge is 0.342 e. The van der Waals surface area contributed by atoms with E-state index < -0.39 is 34.4 Å². The molecule has 0 bridgehead atoms.